The van der Waals surface area contributed by atoms with Crippen LogP contribution >= 0.6 is 0 Å². The normalized spacial score (nSPS) is 16.5. The summed E-state index contributed by atoms with van der Waals surface area (Å²) in [6.45, 7) is 4.49. The minimum absolute atomic E-state index is 0.260. The van der Waals surface area contributed by atoms with Crippen molar-refractivity contribution in [1.29, 1.82) is 0 Å². The molecule has 0 N–H and O–H groups in total. The van der Waals surface area contributed by atoms with Crippen molar-refractivity contribution in [3.8, 4) is 0 Å². The van der Waals surface area contributed by atoms with Crippen LogP contribution in [0.3, 0.4) is 0 Å². The molecule has 0 atom stereocenters. The second-order valence-corrected chi connectivity index (χ2v) is 6.11. The number of hydrogen-bond acceptors (Lipinski definition) is 0. The zero-order valence-electron chi connectivity index (χ0n) is 8.52. The molecule has 1 aromatic rings. The summed E-state index contributed by atoms with van der Waals surface area (Å²) in [5.41, 5.74) is 4.67. The van der Waals surface area contributed by atoms with Crippen molar-refractivity contribution in [3.05, 3.63) is 32.4 Å². The van der Waals surface area contributed by atoms with Gasteiger partial charge in [0.15, 0.2) is 0 Å². The molecule has 1 saturated carbocycles. The van der Waals surface area contributed by atoms with Gasteiger partial charge in [-0.1, -0.05) is 0 Å². The quantitative estimate of drug-likeness (QED) is 0.533. The first kappa shape index (κ1) is 9.50. The second kappa shape index (κ2) is 3.60. The summed E-state index contributed by atoms with van der Waals surface area (Å²) in [6, 6.07) is 4.76. The number of hydrogen-bond donors (Lipinski definition) is 0. The van der Waals surface area contributed by atoms with Crippen LogP contribution in [0.1, 0.15) is 35.4 Å². The van der Waals surface area contributed by atoms with E-state index in [1.54, 1.807) is 9.13 Å². The molecule has 1 aromatic carbocycles. The predicted molar refractivity (Wildman–Crippen MR) is 52.5 cm³/mol. The van der Waals surface area contributed by atoms with Gasteiger partial charge < -0.3 is 0 Å². The van der Waals surface area contributed by atoms with Crippen LogP contribution in [0.4, 0.5) is 0 Å². The van der Waals surface area contributed by atoms with Crippen molar-refractivity contribution in [2.45, 2.75) is 32.6 Å². The molecule has 0 nitrogen and oxygen atoms in total. The van der Waals surface area contributed by atoms with E-state index < -0.39 is 0 Å². The fraction of sp³-hybridized carbons (Fsp3) is 0.500. The third kappa shape index (κ3) is 1.90. The van der Waals surface area contributed by atoms with Crippen LogP contribution in [0.25, 0.3) is 0 Å². The molecule has 1 fully saturated rings. The Labute approximate surface area is 91.0 Å². The molecule has 0 amide bonds. The van der Waals surface area contributed by atoms with E-state index >= 15 is 0 Å². The number of alkyl halides is 1. The molecule has 0 bridgehead atoms. The van der Waals surface area contributed by atoms with Gasteiger partial charge >= 0.3 is 91.1 Å². The van der Waals surface area contributed by atoms with Crippen LogP contribution < -0.4 is 21.2 Å². The van der Waals surface area contributed by atoms with Crippen molar-refractivity contribution < 1.29 is 21.2 Å². The molecule has 1 aliphatic rings. The van der Waals surface area contributed by atoms with E-state index in [4.69, 9.17) is 0 Å². The first-order valence-electron chi connectivity index (χ1n) is 4.83. The summed E-state index contributed by atoms with van der Waals surface area (Å²) in [5.74, 6) is 0.924. The van der Waals surface area contributed by atoms with Crippen LogP contribution in [-0.4, -0.2) is 4.93 Å². The van der Waals surface area contributed by atoms with Gasteiger partial charge in [0.05, 0.1) is 0 Å². The Morgan fingerprint density at radius 2 is 1.92 bits per heavy atom. The zero-order chi connectivity index (χ0) is 9.42. The Balaban J connectivity index is 2.50. The molecule has 1 aliphatic carbocycles. The SMILES string of the molecule is C[I-]c1c(C)cc(C)cc1C1CC1. The first-order valence-corrected chi connectivity index (χ1v) is 8.06. The molecule has 0 spiro atoms. The van der Waals surface area contributed by atoms with E-state index in [1.165, 1.54) is 24.0 Å². The average molecular weight is 287 g/mol. The van der Waals surface area contributed by atoms with Gasteiger partial charge in [-0.15, -0.1) is 0 Å². The average Bonchev–Trinajstić information content (AvgIpc) is 2.85. The van der Waals surface area contributed by atoms with Gasteiger partial charge in [0.2, 0.25) is 0 Å². The third-order valence-corrected chi connectivity index (χ3v) is 5.19. The minimum atomic E-state index is 0.260. The molecule has 0 saturated heterocycles. The Kier molecular flexibility index (Phi) is 2.63. The fourth-order valence-corrected chi connectivity index (χ4v) is 4.16. The predicted octanol–water partition coefficient (Wildman–Crippen LogP) is 0.0692. The van der Waals surface area contributed by atoms with E-state index in [1.807, 2.05) is 0 Å². The molecule has 0 aliphatic heterocycles. The molecule has 1 heteroatoms. The van der Waals surface area contributed by atoms with Crippen LogP contribution in [0.5, 0.6) is 0 Å². The van der Waals surface area contributed by atoms with Gasteiger partial charge in [-0.05, 0) is 0 Å². The summed E-state index contributed by atoms with van der Waals surface area (Å²) in [7, 11) is 0. The maximum absolute atomic E-state index is 2.42. The summed E-state index contributed by atoms with van der Waals surface area (Å²) in [5, 5.41) is 0. The summed E-state index contributed by atoms with van der Waals surface area (Å²) in [4.78, 5) is 2.38. The molecule has 0 heterocycles. The summed E-state index contributed by atoms with van der Waals surface area (Å²) >= 11 is 0.260. The number of benzene rings is 1. The molecule has 2 rings (SSSR count). The van der Waals surface area contributed by atoms with Crippen LogP contribution in [0.15, 0.2) is 12.1 Å². The van der Waals surface area contributed by atoms with Crippen molar-refractivity contribution in [3.63, 3.8) is 0 Å². The third-order valence-electron chi connectivity index (χ3n) is 2.63. The molecule has 0 unspecified atom stereocenters. The van der Waals surface area contributed by atoms with Gasteiger partial charge in [0, 0.05) is 0 Å². The van der Waals surface area contributed by atoms with E-state index in [0.717, 1.165) is 5.92 Å². The fourth-order valence-electron chi connectivity index (χ4n) is 1.93. The van der Waals surface area contributed by atoms with Gasteiger partial charge in [-0.3, -0.25) is 0 Å². The van der Waals surface area contributed by atoms with Gasteiger partial charge in [0.25, 0.3) is 0 Å². The molecule has 72 valence electrons. The van der Waals surface area contributed by atoms with Crippen molar-refractivity contribution in [1.82, 2.24) is 0 Å². The number of rotatable bonds is 2. The molecule has 13 heavy (non-hydrogen) atoms. The summed E-state index contributed by atoms with van der Waals surface area (Å²) in [6.07, 6.45) is 2.86. The Hall–Kier alpha value is -0.0500. The Morgan fingerprint density at radius 1 is 1.23 bits per heavy atom. The standard InChI is InChI=1S/C12H16I/c1-8-6-9(2)12(13-3)11(7-8)10-4-5-10/h6-7,10H,4-5H2,1-3H3/q-1. The zero-order valence-corrected chi connectivity index (χ0v) is 10.7. The van der Waals surface area contributed by atoms with Gasteiger partial charge in [-0.25, -0.2) is 0 Å². The van der Waals surface area contributed by atoms with E-state index in [2.05, 4.69) is 30.9 Å². The monoisotopic (exact) mass is 287 g/mol. The van der Waals surface area contributed by atoms with Crippen molar-refractivity contribution in [2.75, 3.05) is 4.93 Å². The Bertz CT molecular complexity index is 324. The van der Waals surface area contributed by atoms with E-state index in [-0.39, 0.29) is 21.2 Å². The number of aryl methyl sites for hydroxylation is 2. The molecule has 0 aromatic heterocycles. The molecule has 0 radical (unpaired) electrons. The topological polar surface area (TPSA) is 0 Å². The van der Waals surface area contributed by atoms with Gasteiger partial charge in [-0.2, -0.15) is 0 Å². The maximum atomic E-state index is 2.42. The second-order valence-electron chi connectivity index (χ2n) is 3.95. The molecular weight excluding hydrogens is 271 g/mol. The van der Waals surface area contributed by atoms with E-state index in [0.29, 0.717) is 0 Å². The van der Waals surface area contributed by atoms with Crippen LogP contribution in [0, 0.1) is 17.4 Å². The first-order chi connectivity index (χ1) is 6.22. The van der Waals surface area contributed by atoms with Crippen molar-refractivity contribution in [2.24, 2.45) is 0 Å². The van der Waals surface area contributed by atoms with Crippen molar-refractivity contribution >= 4 is 0 Å². The van der Waals surface area contributed by atoms with Crippen LogP contribution in [-0.2, 0) is 0 Å². The van der Waals surface area contributed by atoms with Crippen LogP contribution in [0.2, 0.25) is 0 Å². The molecular formula is C12H16I-. The Morgan fingerprint density at radius 3 is 2.46 bits per heavy atom. The number of halogens is 1. The van der Waals surface area contributed by atoms with E-state index in [9.17, 15) is 0 Å². The van der Waals surface area contributed by atoms with Gasteiger partial charge in [0.1, 0.15) is 0 Å². The summed E-state index contributed by atoms with van der Waals surface area (Å²) < 4.78 is 1.71.